The maximum Gasteiger partial charge on any atom is 0.243 e. The molecule has 0 unspecified atom stereocenters. The highest BCUT2D eigenvalue weighted by molar-refractivity contribution is 7.98. The first-order chi connectivity index (χ1) is 8.20. The minimum absolute atomic E-state index is 0.129. The standard InChI is InChI=1S/C11H17N3OS2/c1-16-5-4-8(12)10(15)14-11-13-9(6-17-11)7-2-3-7/h6-8H,2-5,12H2,1H3,(H,13,14,15)/t8-/m0/s1. The molecule has 2 rings (SSSR count). The number of amides is 1. The molecule has 1 atom stereocenters. The van der Waals surface area contributed by atoms with Gasteiger partial charge in [0.15, 0.2) is 5.13 Å². The van der Waals surface area contributed by atoms with E-state index < -0.39 is 6.04 Å². The summed E-state index contributed by atoms with van der Waals surface area (Å²) in [6.07, 6.45) is 5.16. The molecular formula is C11H17N3OS2. The minimum Gasteiger partial charge on any atom is -0.320 e. The minimum atomic E-state index is -0.435. The summed E-state index contributed by atoms with van der Waals surface area (Å²) in [5.74, 6) is 1.40. The SMILES string of the molecule is CSCC[C@H](N)C(=O)Nc1nc(C2CC2)cs1. The predicted octanol–water partition coefficient (Wildman–Crippen LogP) is 2.04. The van der Waals surface area contributed by atoms with E-state index in [9.17, 15) is 4.79 Å². The van der Waals surface area contributed by atoms with Crippen LogP contribution in [-0.2, 0) is 4.79 Å². The quantitative estimate of drug-likeness (QED) is 0.831. The predicted molar refractivity (Wildman–Crippen MR) is 73.7 cm³/mol. The van der Waals surface area contributed by atoms with Gasteiger partial charge in [-0.05, 0) is 31.3 Å². The van der Waals surface area contributed by atoms with Gasteiger partial charge in [0.25, 0.3) is 0 Å². The van der Waals surface area contributed by atoms with Crippen LogP contribution in [0.2, 0.25) is 0 Å². The molecule has 3 N–H and O–H groups in total. The molecule has 0 radical (unpaired) electrons. The van der Waals surface area contributed by atoms with Gasteiger partial charge in [-0.25, -0.2) is 4.98 Å². The molecule has 1 aliphatic rings. The van der Waals surface area contributed by atoms with Gasteiger partial charge in [-0.3, -0.25) is 4.79 Å². The Morgan fingerprint density at radius 3 is 3.18 bits per heavy atom. The van der Waals surface area contributed by atoms with Crippen molar-refractivity contribution in [2.24, 2.45) is 5.73 Å². The van der Waals surface area contributed by atoms with E-state index in [0.717, 1.165) is 11.4 Å². The average molecular weight is 271 g/mol. The lowest BCUT2D eigenvalue weighted by Gasteiger charge is -2.09. The summed E-state index contributed by atoms with van der Waals surface area (Å²) < 4.78 is 0. The van der Waals surface area contributed by atoms with E-state index in [1.54, 1.807) is 11.8 Å². The Balaban J connectivity index is 1.83. The normalized spacial score (nSPS) is 16.8. The molecule has 0 bridgehead atoms. The van der Waals surface area contributed by atoms with Gasteiger partial charge < -0.3 is 11.1 Å². The summed E-state index contributed by atoms with van der Waals surface area (Å²) in [5.41, 5.74) is 6.90. The second-order valence-corrected chi connectivity index (χ2v) is 6.07. The summed E-state index contributed by atoms with van der Waals surface area (Å²) >= 11 is 3.18. The van der Waals surface area contributed by atoms with Crippen molar-refractivity contribution in [3.8, 4) is 0 Å². The lowest BCUT2D eigenvalue weighted by Crippen LogP contribution is -2.36. The third-order valence-corrected chi connectivity index (χ3v) is 4.14. The van der Waals surface area contributed by atoms with Crippen molar-refractivity contribution in [1.82, 2.24) is 4.98 Å². The Kier molecular flexibility index (Phi) is 4.42. The van der Waals surface area contributed by atoms with Crippen LogP contribution in [-0.4, -0.2) is 28.9 Å². The van der Waals surface area contributed by atoms with Crippen LogP contribution in [0.3, 0.4) is 0 Å². The largest absolute Gasteiger partial charge is 0.320 e. The Morgan fingerprint density at radius 2 is 2.53 bits per heavy atom. The number of hydrogen-bond acceptors (Lipinski definition) is 5. The molecule has 94 valence electrons. The molecular weight excluding hydrogens is 254 g/mol. The Hall–Kier alpha value is -0.590. The zero-order valence-electron chi connectivity index (χ0n) is 9.81. The molecule has 1 aromatic heterocycles. The number of hydrogen-bond donors (Lipinski definition) is 2. The van der Waals surface area contributed by atoms with Gasteiger partial charge in [0.05, 0.1) is 11.7 Å². The zero-order chi connectivity index (χ0) is 12.3. The van der Waals surface area contributed by atoms with Crippen molar-refractivity contribution >= 4 is 34.1 Å². The van der Waals surface area contributed by atoms with Crippen molar-refractivity contribution in [3.63, 3.8) is 0 Å². The molecule has 1 saturated carbocycles. The molecule has 1 aliphatic carbocycles. The molecule has 1 fully saturated rings. The fourth-order valence-electron chi connectivity index (χ4n) is 1.48. The number of nitrogens with zero attached hydrogens (tertiary/aromatic N) is 1. The van der Waals surface area contributed by atoms with Gasteiger partial charge in [-0.2, -0.15) is 11.8 Å². The fourth-order valence-corrected chi connectivity index (χ4v) is 2.77. The monoisotopic (exact) mass is 271 g/mol. The molecule has 0 spiro atoms. The molecule has 1 amide bonds. The number of nitrogens with two attached hydrogens (primary N) is 1. The zero-order valence-corrected chi connectivity index (χ0v) is 11.4. The van der Waals surface area contributed by atoms with E-state index in [0.29, 0.717) is 17.5 Å². The van der Waals surface area contributed by atoms with E-state index >= 15 is 0 Å². The van der Waals surface area contributed by atoms with Gasteiger partial charge in [0, 0.05) is 11.3 Å². The van der Waals surface area contributed by atoms with E-state index in [-0.39, 0.29) is 5.91 Å². The third kappa shape index (κ3) is 3.69. The third-order valence-electron chi connectivity index (χ3n) is 2.72. The summed E-state index contributed by atoms with van der Waals surface area (Å²) in [7, 11) is 0. The number of thiazole rings is 1. The number of rotatable bonds is 6. The van der Waals surface area contributed by atoms with Crippen molar-refractivity contribution in [2.75, 3.05) is 17.3 Å². The van der Waals surface area contributed by atoms with Crippen LogP contribution in [0.4, 0.5) is 5.13 Å². The van der Waals surface area contributed by atoms with Crippen LogP contribution in [0.1, 0.15) is 30.9 Å². The molecule has 1 aromatic rings. The van der Waals surface area contributed by atoms with E-state index in [4.69, 9.17) is 5.73 Å². The summed E-state index contributed by atoms with van der Waals surface area (Å²) in [6, 6.07) is -0.435. The number of nitrogens with one attached hydrogen (secondary N) is 1. The second kappa shape index (κ2) is 5.84. The number of thioether (sulfide) groups is 1. The molecule has 0 saturated heterocycles. The summed E-state index contributed by atoms with van der Waals surface area (Å²) in [6.45, 7) is 0. The van der Waals surface area contributed by atoms with Crippen molar-refractivity contribution in [3.05, 3.63) is 11.1 Å². The van der Waals surface area contributed by atoms with E-state index in [1.807, 2.05) is 11.6 Å². The molecule has 0 aliphatic heterocycles. The summed E-state index contributed by atoms with van der Waals surface area (Å²) in [4.78, 5) is 16.1. The van der Waals surface area contributed by atoms with Crippen LogP contribution in [0, 0.1) is 0 Å². The van der Waals surface area contributed by atoms with E-state index in [2.05, 4.69) is 10.3 Å². The molecule has 6 heteroatoms. The van der Waals surface area contributed by atoms with Crippen LogP contribution in [0.15, 0.2) is 5.38 Å². The maximum absolute atomic E-state index is 11.7. The van der Waals surface area contributed by atoms with Crippen LogP contribution in [0.25, 0.3) is 0 Å². The van der Waals surface area contributed by atoms with Crippen molar-refractivity contribution in [1.29, 1.82) is 0 Å². The van der Waals surface area contributed by atoms with Gasteiger partial charge in [-0.15, -0.1) is 11.3 Å². The first-order valence-corrected chi connectivity index (χ1v) is 7.99. The van der Waals surface area contributed by atoms with Gasteiger partial charge in [0.1, 0.15) is 0 Å². The lowest BCUT2D eigenvalue weighted by molar-refractivity contribution is -0.117. The lowest BCUT2D eigenvalue weighted by atomic mass is 10.2. The highest BCUT2D eigenvalue weighted by Gasteiger charge is 2.26. The van der Waals surface area contributed by atoms with Crippen LogP contribution >= 0.6 is 23.1 Å². The van der Waals surface area contributed by atoms with Crippen molar-refractivity contribution < 1.29 is 4.79 Å². The summed E-state index contributed by atoms with van der Waals surface area (Å²) in [5, 5.41) is 5.49. The Bertz CT molecular complexity index is 390. The smallest absolute Gasteiger partial charge is 0.243 e. The number of aromatic nitrogens is 1. The molecule has 17 heavy (non-hydrogen) atoms. The number of carbonyl (C=O) groups is 1. The van der Waals surface area contributed by atoms with Gasteiger partial charge >= 0.3 is 0 Å². The van der Waals surface area contributed by atoms with E-state index in [1.165, 1.54) is 24.2 Å². The fraction of sp³-hybridized carbons (Fsp3) is 0.636. The first kappa shape index (κ1) is 12.9. The van der Waals surface area contributed by atoms with Crippen LogP contribution < -0.4 is 11.1 Å². The number of anilines is 1. The van der Waals surface area contributed by atoms with Crippen molar-refractivity contribution in [2.45, 2.75) is 31.2 Å². The highest BCUT2D eigenvalue weighted by atomic mass is 32.2. The maximum atomic E-state index is 11.7. The first-order valence-electron chi connectivity index (χ1n) is 5.71. The van der Waals surface area contributed by atoms with Crippen LogP contribution in [0.5, 0.6) is 0 Å². The molecule has 0 aromatic carbocycles. The van der Waals surface area contributed by atoms with Gasteiger partial charge in [-0.1, -0.05) is 0 Å². The van der Waals surface area contributed by atoms with Gasteiger partial charge in [0.2, 0.25) is 5.91 Å². The topological polar surface area (TPSA) is 68.0 Å². The second-order valence-electron chi connectivity index (χ2n) is 4.23. The number of carbonyl (C=O) groups excluding carboxylic acids is 1. The molecule has 4 nitrogen and oxygen atoms in total. The Morgan fingerprint density at radius 1 is 1.76 bits per heavy atom. The Labute approximate surface area is 109 Å². The highest BCUT2D eigenvalue weighted by Crippen LogP contribution is 2.40. The average Bonchev–Trinajstić information content (AvgIpc) is 3.07. The molecule has 1 heterocycles.